The molecule has 0 unspecified atom stereocenters. The maximum atomic E-state index is 13.2. The average Bonchev–Trinajstić information content (AvgIpc) is 3.61. The van der Waals surface area contributed by atoms with Crippen molar-refractivity contribution in [1.29, 1.82) is 0 Å². The second-order valence-electron chi connectivity index (χ2n) is 9.25. The number of benzene rings is 1. The van der Waals surface area contributed by atoms with Gasteiger partial charge in [0.05, 0.1) is 45.3 Å². The first-order chi connectivity index (χ1) is 16.9. The number of methoxy groups -OCH3 is 2. The monoisotopic (exact) mass is 490 g/mol. The van der Waals surface area contributed by atoms with Gasteiger partial charge in [-0.3, -0.25) is 9.59 Å². The Labute approximate surface area is 204 Å². The molecule has 1 saturated carbocycles. The number of nitrogens with one attached hydrogen (secondary N) is 1. The Morgan fingerprint density at radius 1 is 1.23 bits per heavy atom. The van der Waals surface area contributed by atoms with Crippen molar-refractivity contribution in [2.24, 2.45) is 5.92 Å². The van der Waals surface area contributed by atoms with E-state index in [9.17, 15) is 24.9 Å². The zero-order chi connectivity index (χ0) is 25.1. The average molecular weight is 491 g/mol. The lowest BCUT2D eigenvalue weighted by Crippen LogP contribution is -2.56. The molecule has 0 radical (unpaired) electrons. The first-order valence-electron chi connectivity index (χ1n) is 12.0. The van der Waals surface area contributed by atoms with E-state index in [0.717, 1.165) is 12.8 Å². The Bertz CT molecular complexity index is 976. The highest BCUT2D eigenvalue weighted by Gasteiger charge is 2.51. The van der Waals surface area contributed by atoms with E-state index >= 15 is 0 Å². The van der Waals surface area contributed by atoms with E-state index in [0.29, 0.717) is 40.7 Å². The number of carbonyl (C=O) groups excluding carboxylic acids is 2. The minimum atomic E-state index is -1.10. The largest absolute Gasteiger partial charge is 0.493 e. The summed E-state index contributed by atoms with van der Waals surface area (Å²) in [6, 6.07) is 2.63. The molecule has 0 saturated heterocycles. The lowest BCUT2D eigenvalue weighted by Gasteiger charge is -2.41. The number of ether oxygens (including phenoxy) is 3. The fourth-order valence-electron chi connectivity index (χ4n) is 4.92. The third kappa shape index (κ3) is 5.16. The highest BCUT2D eigenvalue weighted by Crippen LogP contribution is 2.51. The van der Waals surface area contributed by atoms with Crippen molar-refractivity contribution in [2.45, 2.75) is 50.0 Å². The second kappa shape index (κ2) is 10.9. The topological polar surface area (TPSA) is 138 Å². The zero-order valence-electron chi connectivity index (χ0n) is 20.1. The van der Waals surface area contributed by atoms with Crippen LogP contribution in [0.2, 0.25) is 0 Å². The summed E-state index contributed by atoms with van der Waals surface area (Å²) in [7, 11) is 3.01. The Hall–Kier alpha value is -2.66. The maximum Gasteiger partial charge on any atom is 0.247 e. The van der Waals surface area contributed by atoms with E-state index in [-0.39, 0.29) is 38.7 Å². The Morgan fingerprint density at radius 2 is 2.00 bits per heavy atom. The molecule has 0 bridgehead atoms. The van der Waals surface area contributed by atoms with Crippen LogP contribution in [-0.4, -0.2) is 90.8 Å². The molecule has 10 nitrogen and oxygen atoms in total. The van der Waals surface area contributed by atoms with Gasteiger partial charge >= 0.3 is 0 Å². The number of hydrogen-bond donors (Lipinski definition) is 4. The maximum absolute atomic E-state index is 13.2. The number of hydrogen-bond acceptors (Lipinski definition) is 8. The number of fused-ring (bicyclic) bond motifs is 3. The number of amides is 2. The van der Waals surface area contributed by atoms with Gasteiger partial charge in [-0.25, -0.2) is 0 Å². The highest BCUT2D eigenvalue weighted by molar-refractivity contribution is 5.96. The van der Waals surface area contributed by atoms with Crippen molar-refractivity contribution in [1.82, 2.24) is 10.2 Å². The van der Waals surface area contributed by atoms with Crippen LogP contribution in [0.5, 0.6) is 11.5 Å². The van der Waals surface area contributed by atoms with Crippen molar-refractivity contribution >= 4 is 11.8 Å². The summed E-state index contributed by atoms with van der Waals surface area (Å²) in [5, 5.41) is 33.2. The molecule has 1 aromatic carbocycles. The zero-order valence-corrected chi connectivity index (χ0v) is 20.1. The first-order valence-corrected chi connectivity index (χ1v) is 12.0. The quantitative estimate of drug-likeness (QED) is 0.342. The van der Waals surface area contributed by atoms with Crippen LogP contribution in [0.15, 0.2) is 23.8 Å². The molecule has 35 heavy (non-hydrogen) atoms. The Morgan fingerprint density at radius 3 is 2.63 bits per heavy atom. The third-order valence-corrected chi connectivity index (χ3v) is 6.85. The van der Waals surface area contributed by atoms with Crippen LogP contribution in [0, 0.1) is 5.92 Å². The summed E-state index contributed by atoms with van der Waals surface area (Å²) in [4.78, 5) is 28.0. The summed E-state index contributed by atoms with van der Waals surface area (Å²) >= 11 is 0. The van der Waals surface area contributed by atoms with Gasteiger partial charge in [-0.05, 0) is 42.5 Å². The molecule has 4 rings (SSSR count). The summed E-state index contributed by atoms with van der Waals surface area (Å²) in [5.41, 5.74) is 1.55. The molecule has 2 amide bonds. The predicted octanol–water partition coefficient (Wildman–Crippen LogP) is 0.0852. The fraction of sp³-hybridized carbons (Fsp3) is 0.600. The van der Waals surface area contributed by atoms with Crippen molar-refractivity contribution in [3.63, 3.8) is 0 Å². The van der Waals surface area contributed by atoms with Crippen LogP contribution in [0.25, 0.3) is 0 Å². The van der Waals surface area contributed by atoms with Crippen LogP contribution in [0.1, 0.15) is 36.3 Å². The van der Waals surface area contributed by atoms with E-state index in [1.54, 1.807) is 23.1 Å². The standard InChI is InChI=1S/C25H34N2O8/c1-33-8-5-20(30)27(12-14-3-4-14)18-11-17(25(32)26-6-7-28)21-16-9-15(13-29)10-19(34-2)23(16)35-24(21)22(18)31/h9-11,14,18,21-22,24,28-29,31H,3-8,12-13H2,1-2H3,(H,26,32)/t18-,21+,22+,24+/m1/s1. The van der Waals surface area contributed by atoms with E-state index in [4.69, 9.17) is 14.2 Å². The van der Waals surface area contributed by atoms with Gasteiger partial charge in [0.2, 0.25) is 11.8 Å². The van der Waals surface area contributed by atoms with Crippen LogP contribution in [0.4, 0.5) is 0 Å². The third-order valence-electron chi connectivity index (χ3n) is 6.85. The minimum Gasteiger partial charge on any atom is -0.493 e. The predicted molar refractivity (Wildman–Crippen MR) is 125 cm³/mol. The number of carbonyl (C=O) groups is 2. The molecule has 2 aliphatic carbocycles. The van der Waals surface area contributed by atoms with Gasteiger partial charge in [0.1, 0.15) is 12.2 Å². The molecule has 1 aliphatic heterocycles. The van der Waals surface area contributed by atoms with E-state index in [2.05, 4.69) is 5.32 Å². The molecule has 192 valence electrons. The molecule has 0 aromatic heterocycles. The molecular weight excluding hydrogens is 456 g/mol. The van der Waals surface area contributed by atoms with E-state index in [1.165, 1.54) is 14.2 Å². The number of aliphatic hydroxyl groups is 3. The van der Waals surface area contributed by atoms with Gasteiger partial charge in [0.15, 0.2) is 11.5 Å². The van der Waals surface area contributed by atoms with Gasteiger partial charge < -0.3 is 39.7 Å². The SMILES string of the molecule is COCCC(=O)N(CC1CC1)[C@@H]1C=C(C(=O)NCCO)[C@@H]2c3cc(CO)cc(OC)c3O[C@@H]2[C@H]1O. The first kappa shape index (κ1) is 25.4. The Balaban J connectivity index is 1.76. The molecule has 1 heterocycles. The van der Waals surface area contributed by atoms with Gasteiger partial charge in [-0.2, -0.15) is 0 Å². The molecule has 4 N–H and O–H groups in total. The van der Waals surface area contributed by atoms with E-state index in [1.807, 2.05) is 0 Å². The highest BCUT2D eigenvalue weighted by atomic mass is 16.5. The summed E-state index contributed by atoms with van der Waals surface area (Å²) in [6.45, 7) is 0.344. The van der Waals surface area contributed by atoms with Crippen LogP contribution in [0.3, 0.4) is 0 Å². The van der Waals surface area contributed by atoms with Crippen molar-refractivity contribution in [3.8, 4) is 11.5 Å². The molecule has 0 spiro atoms. The lowest BCUT2D eigenvalue weighted by molar-refractivity contribution is -0.138. The number of aliphatic hydroxyl groups excluding tert-OH is 3. The fourth-order valence-corrected chi connectivity index (χ4v) is 4.92. The van der Waals surface area contributed by atoms with Gasteiger partial charge in [-0.15, -0.1) is 0 Å². The summed E-state index contributed by atoms with van der Waals surface area (Å²) in [6.07, 6.45) is 1.90. The lowest BCUT2D eigenvalue weighted by atomic mass is 9.77. The second-order valence-corrected chi connectivity index (χ2v) is 9.25. The van der Waals surface area contributed by atoms with Gasteiger partial charge in [-0.1, -0.05) is 0 Å². The molecule has 3 aliphatic rings. The summed E-state index contributed by atoms with van der Waals surface area (Å²) in [5.74, 6) is -0.0483. The number of nitrogens with zero attached hydrogens (tertiary/aromatic N) is 1. The van der Waals surface area contributed by atoms with Gasteiger partial charge in [0.25, 0.3) is 0 Å². The molecule has 1 aromatic rings. The van der Waals surface area contributed by atoms with Crippen LogP contribution < -0.4 is 14.8 Å². The Kier molecular flexibility index (Phi) is 7.95. The minimum absolute atomic E-state index is 0.0626. The van der Waals surface area contributed by atoms with Crippen molar-refractivity contribution < 1.29 is 39.1 Å². The molecule has 1 fully saturated rings. The van der Waals surface area contributed by atoms with Crippen molar-refractivity contribution in [2.75, 3.05) is 40.5 Å². The van der Waals surface area contributed by atoms with Crippen molar-refractivity contribution in [3.05, 3.63) is 34.9 Å². The number of rotatable bonds is 11. The van der Waals surface area contributed by atoms with Gasteiger partial charge in [0, 0.05) is 31.3 Å². The normalized spacial score (nSPS) is 24.7. The van der Waals surface area contributed by atoms with E-state index < -0.39 is 30.1 Å². The molecular formula is C25H34N2O8. The molecule has 10 heteroatoms. The molecule has 4 atom stereocenters. The van der Waals surface area contributed by atoms with Crippen LogP contribution >= 0.6 is 0 Å². The smallest absolute Gasteiger partial charge is 0.247 e. The summed E-state index contributed by atoms with van der Waals surface area (Å²) < 4.78 is 16.8. The van der Waals surface area contributed by atoms with Crippen LogP contribution in [-0.2, 0) is 20.9 Å².